The van der Waals surface area contributed by atoms with Gasteiger partial charge in [0.15, 0.2) is 0 Å². The molecule has 0 aliphatic heterocycles. The maximum Gasteiger partial charge on any atom is 0.130 e. The standard InChI is InChI=1S/C20H22FN3S/c1-2-3-18(24-19(23)14-4-8-16(22)9-5-14)20(12-13-20)25-17-10-6-15(21)7-11-17/h3-11H,2,12-13,22H2,1H3,(H2,23,24)/b18-3-. The van der Waals surface area contributed by atoms with E-state index in [0.717, 1.165) is 35.4 Å². The summed E-state index contributed by atoms with van der Waals surface area (Å²) < 4.78 is 13.1. The zero-order chi connectivity index (χ0) is 17.9. The normalized spacial score (nSPS) is 16.7. The number of halogens is 1. The molecule has 0 unspecified atom stereocenters. The van der Waals surface area contributed by atoms with Gasteiger partial charge in [-0.2, -0.15) is 0 Å². The molecule has 0 heterocycles. The van der Waals surface area contributed by atoms with Gasteiger partial charge in [-0.1, -0.05) is 13.0 Å². The van der Waals surface area contributed by atoms with E-state index in [9.17, 15) is 4.39 Å². The highest BCUT2D eigenvalue weighted by Crippen LogP contribution is 2.57. The van der Waals surface area contributed by atoms with Crippen LogP contribution in [0.2, 0.25) is 0 Å². The Hall–Kier alpha value is -2.27. The number of hydrogen-bond acceptors (Lipinski definition) is 3. The van der Waals surface area contributed by atoms with Gasteiger partial charge in [0.1, 0.15) is 11.7 Å². The minimum absolute atomic E-state index is 0.0632. The lowest BCUT2D eigenvalue weighted by molar-refractivity contribution is 0.626. The van der Waals surface area contributed by atoms with Crippen LogP contribution in [0.15, 0.2) is 70.2 Å². The Morgan fingerprint density at radius 1 is 1.16 bits per heavy atom. The molecule has 130 valence electrons. The first-order chi connectivity index (χ1) is 12.0. The molecular weight excluding hydrogens is 333 g/mol. The molecule has 2 aromatic carbocycles. The van der Waals surface area contributed by atoms with E-state index in [4.69, 9.17) is 16.5 Å². The van der Waals surface area contributed by atoms with E-state index in [1.165, 1.54) is 12.1 Å². The van der Waals surface area contributed by atoms with Crippen molar-refractivity contribution in [3.63, 3.8) is 0 Å². The van der Waals surface area contributed by atoms with Crippen molar-refractivity contribution < 1.29 is 4.39 Å². The summed E-state index contributed by atoms with van der Waals surface area (Å²) in [5, 5.41) is 0. The molecule has 1 fully saturated rings. The number of anilines is 1. The highest BCUT2D eigenvalue weighted by Gasteiger charge is 2.47. The molecule has 25 heavy (non-hydrogen) atoms. The maximum absolute atomic E-state index is 13.1. The van der Waals surface area contributed by atoms with Gasteiger partial charge in [-0.15, -0.1) is 11.8 Å². The van der Waals surface area contributed by atoms with E-state index < -0.39 is 0 Å². The first-order valence-corrected chi connectivity index (χ1v) is 9.19. The Bertz CT molecular complexity index is 791. The molecule has 0 aromatic heterocycles. The molecular formula is C20H22FN3S. The fourth-order valence-corrected chi connectivity index (χ4v) is 3.89. The van der Waals surface area contributed by atoms with Crippen LogP contribution in [-0.2, 0) is 0 Å². The summed E-state index contributed by atoms with van der Waals surface area (Å²) >= 11 is 1.74. The molecule has 0 bridgehead atoms. The number of nitrogens with zero attached hydrogens (tertiary/aromatic N) is 1. The van der Waals surface area contributed by atoms with Crippen molar-refractivity contribution in [3.05, 3.63) is 71.7 Å². The van der Waals surface area contributed by atoms with Crippen molar-refractivity contribution in [2.45, 2.75) is 35.8 Å². The van der Waals surface area contributed by atoms with Crippen LogP contribution >= 0.6 is 11.8 Å². The van der Waals surface area contributed by atoms with Gasteiger partial charge >= 0.3 is 0 Å². The Morgan fingerprint density at radius 2 is 1.80 bits per heavy atom. The summed E-state index contributed by atoms with van der Waals surface area (Å²) in [5.41, 5.74) is 14.5. The van der Waals surface area contributed by atoms with Crippen LogP contribution in [-0.4, -0.2) is 10.6 Å². The first-order valence-electron chi connectivity index (χ1n) is 8.38. The van der Waals surface area contributed by atoms with Gasteiger partial charge < -0.3 is 11.5 Å². The monoisotopic (exact) mass is 355 g/mol. The maximum atomic E-state index is 13.1. The van der Waals surface area contributed by atoms with Gasteiger partial charge in [-0.05, 0) is 67.8 Å². The molecule has 0 atom stereocenters. The molecule has 3 nitrogen and oxygen atoms in total. The van der Waals surface area contributed by atoms with E-state index in [1.807, 2.05) is 36.4 Å². The molecule has 0 amide bonds. The number of thioether (sulfide) groups is 1. The van der Waals surface area contributed by atoms with Crippen molar-refractivity contribution in [2.24, 2.45) is 10.7 Å². The Kier molecular flexibility index (Phi) is 5.13. The zero-order valence-corrected chi connectivity index (χ0v) is 15.0. The predicted molar refractivity (Wildman–Crippen MR) is 104 cm³/mol. The highest BCUT2D eigenvalue weighted by atomic mass is 32.2. The molecule has 2 aromatic rings. The summed E-state index contributed by atoms with van der Waals surface area (Å²) in [4.78, 5) is 5.78. The van der Waals surface area contributed by atoms with Crippen LogP contribution in [0.5, 0.6) is 0 Å². The number of nitrogens with two attached hydrogens (primary N) is 2. The number of nitrogen functional groups attached to an aromatic ring is 1. The van der Waals surface area contributed by atoms with E-state index in [-0.39, 0.29) is 10.6 Å². The van der Waals surface area contributed by atoms with Gasteiger partial charge in [0.05, 0.1) is 10.4 Å². The molecule has 0 saturated heterocycles. The molecule has 1 saturated carbocycles. The van der Waals surface area contributed by atoms with Gasteiger partial charge in [0, 0.05) is 16.1 Å². The second-order valence-electron chi connectivity index (χ2n) is 6.17. The summed E-state index contributed by atoms with van der Waals surface area (Å²) in [6.07, 6.45) is 5.10. The topological polar surface area (TPSA) is 64.4 Å². The van der Waals surface area contributed by atoms with Crippen molar-refractivity contribution in [2.75, 3.05) is 5.73 Å². The fourth-order valence-electron chi connectivity index (χ4n) is 2.63. The lowest BCUT2D eigenvalue weighted by atomic mass is 10.2. The molecule has 1 aliphatic rings. The number of rotatable bonds is 6. The van der Waals surface area contributed by atoms with Gasteiger partial charge in [0.25, 0.3) is 0 Å². The van der Waals surface area contributed by atoms with Crippen LogP contribution < -0.4 is 11.5 Å². The Labute approximate surface area is 152 Å². The Balaban J connectivity index is 1.85. The minimum atomic E-state index is -0.218. The van der Waals surface area contributed by atoms with E-state index in [0.29, 0.717) is 11.5 Å². The summed E-state index contributed by atoms with van der Waals surface area (Å²) in [6.45, 7) is 2.09. The third-order valence-corrected chi connectivity index (χ3v) is 5.66. The van der Waals surface area contributed by atoms with E-state index in [2.05, 4.69) is 13.0 Å². The van der Waals surface area contributed by atoms with Crippen LogP contribution in [0.1, 0.15) is 31.7 Å². The van der Waals surface area contributed by atoms with Crippen molar-refractivity contribution >= 4 is 23.3 Å². The summed E-state index contributed by atoms with van der Waals surface area (Å²) in [6, 6.07) is 14.0. The molecule has 1 aliphatic carbocycles. The van der Waals surface area contributed by atoms with Crippen LogP contribution in [0.4, 0.5) is 10.1 Å². The SMILES string of the molecule is CC/C=C(\N=C(N)c1ccc(N)cc1)C1(Sc2ccc(F)cc2)CC1. The molecule has 5 heteroatoms. The van der Waals surface area contributed by atoms with Crippen molar-refractivity contribution in [1.29, 1.82) is 0 Å². The molecule has 4 N–H and O–H groups in total. The smallest absolute Gasteiger partial charge is 0.130 e. The number of aliphatic imine (C=N–C) groups is 1. The number of allylic oxidation sites excluding steroid dienone is 1. The van der Waals surface area contributed by atoms with Crippen LogP contribution in [0.3, 0.4) is 0 Å². The van der Waals surface area contributed by atoms with Gasteiger partial charge in [-0.3, -0.25) is 0 Å². The summed E-state index contributed by atoms with van der Waals surface area (Å²) in [7, 11) is 0. The van der Waals surface area contributed by atoms with E-state index in [1.54, 1.807) is 11.8 Å². The quantitative estimate of drug-likeness (QED) is 0.447. The Morgan fingerprint density at radius 3 is 2.36 bits per heavy atom. The molecule has 0 radical (unpaired) electrons. The van der Waals surface area contributed by atoms with Gasteiger partial charge in [-0.25, -0.2) is 9.38 Å². The van der Waals surface area contributed by atoms with E-state index >= 15 is 0 Å². The third-order valence-electron chi connectivity index (χ3n) is 4.14. The van der Waals surface area contributed by atoms with Crippen LogP contribution in [0.25, 0.3) is 0 Å². The number of benzene rings is 2. The largest absolute Gasteiger partial charge is 0.399 e. The number of hydrogen-bond donors (Lipinski definition) is 2. The van der Waals surface area contributed by atoms with Crippen molar-refractivity contribution in [1.82, 2.24) is 0 Å². The van der Waals surface area contributed by atoms with Gasteiger partial charge in [0.2, 0.25) is 0 Å². The fraction of sp³-hybridized carbons (Fsp3) is 0.250. The first kappa shape index (κ1) is 17.5. The average molecular weight is 355 g/mol. The molecule has 0 spiro atoms. The van der Waals surface area contributed by atoms with Crippen molar-refractivity contribution in [3.8, 4) is 0 Å². The average Bonchev–Trinajstić information content (AvgIpc) is 3.38. The minimum Gasteiger partial charge on any atom is -0.399 e. The number of amidine groups is 1. The molecule has 3 rings (SSSR count). The lowest BCUT2D eigenvalue weighted by Gasteiger charge is -2.17. The second kappa shape index (κ2) is 7.31. The highest BCUT2D eigenvalue weighted by molar-refractivity contribution is 8.01. The third kappa shape index (κ3) is 4.23. The lowest BCUT2D eigenvalue weighted by Crippen LogP contribution is -2.16. The van der Waals surface area contributed by atoms with Crippen LogP contribution in [0, 0.1) is 5.82 Å². The predicted octanol–water partition coefficient (Wildman–Crippen LogP) is 4.73. The summed E-state index contributed by atoms with van der Waals surface area (Å²) in [5.74, 6) is 0.273. The second-order valence-corrected chi connectivity index (χ2v) is 7.62. The zero-order valence-electron chi connectivity index (χ0n) is 14.2.